The quantitative estimate of drug-likeness (QED) is 0.436. The van der Waals surface area contributed by atoms with Crippen molar-refractivity contribution in [1.29, 1.82) is 0 Å². The predicted octanol–water partition coefficient (Wildman–Crippen LogP) is 5.17. The number of hydrogen-bond donors (Lipinski definition) is 1. The van der Waals surface area contributed by atoms with Crippen LogP contribution in [0, 0.1) is 0 Å². The van der Waals surface area contributed by atoms with Gasteiger partial charge in [-0.05, 0) is 57.6 Å². The first kappa shape index (κ1) is 24.1. The summed E-state index contributed by atoms with van der Waals surface area (Å²) in [5.74, 6) is 3.97. The van der Waals surface area contributed by atoms with Crippen molar-refractivity contribution in [3.8, 4) is 17.4 Å². The highest BCUT2D eigenvalue weighted by atomic mass is 16.5. The van der Waals surface area contributed by atoms with Crippen LogP contribution in [0.5, 0.6) is 17.4 Å². The Kier molecular flexibility index (Phi) is 7.95. The minimum absolute atomic E-state index is 0.0377. The topological polar surface area (TPSA) is 94.5 Å². The van der Waals surface area contributed by atoms with Crippen LogP contribution in [0.4, 0.5) is 17.6 Å². The monoisotopic (exact) mass is 490 g/mol. The van der Waals surface area contributed by atoms with Crippen molar-refractivity contribution in [3.05, 3.63) is 48.9 Å². The van der Waals surface area contributed by atoms with Crippen molar-refractivity contribution < 1.29 is 14.2 Å². The third kappa shape index (κ3) is 6.33. The van der Waals surface area contributed by atoms with E-state index in [9.17, 15) is 0 Å². The minimum Gasteiger partial charge on any atom is -0.490 e. The molecule has 1 aliphatic heterocycles. The number of nitrogens with one attached hydrogen (secondary N) is 1. The maximum absolute atomic E-state index is 6.33. The van der Waals surface area contributed by atoms with Crippen molar-refractivity contribution in [2.24, 2.45) is 0 Å². The molecule has 1 N–H and O–H groups in total. The summed E-state index contributed by atoms with van der Waals surface area (Å²) >= 11 is 0. The van der Waals surface area contributed by atoms with Crippen LogP contribution in [-0.4, -0.2) is 51.8 Å². The van der Waals surface area contributed by atoms with Crippen LogP contribution in [0.3, 0.4) is 0 Å². The third-order valence-corrected chi connectivity index (χ3v) is 6.48. The summed E-state index contributed by atoms with van der Waals surface area (Å²) in [6, 6.07) is 9.63. The number of anilines is 3. The lowest BCUT2D eigenvalue weighted by molar-refractivity contribution is 0.148. The van der Waals surface area contributed by atoms with Gasteiger partial charge in [0.05, 0.1) is 25.5 Å². The van der Waals surface area contributed by atoms with Crippen LogP contribution in [0.25, 0.3) is 0 Å². The third-order valence-electron chi connectivity index (χ3n) is 6.48. The first-order valence-electron chi connectivity index (χ1n) is 13.0. The van der Waals surface area contributed by atoms with E-state index in [2.05, 4.69) is 25.2 Å². The van der Waals surface area contributed by atoms with Gasteiger partial charge in [-0.2, -0.15) is 4.98 Å². The smallest absolute Gasteiger partial charge is 0.231 e. The molecule has 36 heavy (non-hydrogen) atoms. The van der Waals surface area contributed by atoms with Crippen molar-refractivity contribution in [3.63, 3.8) is 0 Å². The zero-order valence-corrected chi connectivity index (χ0v) is 20.8. The van der Waals surface area contributed by atoms with Gasteiger partial charge >= 0.3 is 0 Å². The molecule has 0 spiro atoms. The van der Waals surface area contributed by atoms with Crippen LogP contribution in [0.1, 0.15) is 51.9 Å². The fourth-order valence-electron chi connectivity index (χ4n) is 4.75. The zero-order valence-electron chi connectivity index (χ0n) is 20.8. The Balaban J connectivity index is 1.22. The van der Waals surface area contributed by atoms with E-state index in [4.69, 9.17) is 19.2 Å². The Morgan fingerprint density at radius 3 is 2.61 bits per heavy atom. The standard InChI is InChI=1S/C27H34N6O3/c1-2-34-22-12-6-7-13-23(22)35-21-11-8-16-33(19-21)25-18-28-17-24(30-25)31-27-29-15-14-26(32-27)36-20-9-4-3-5-10-20/h6-7,12-15,17-18,20-21H,2-5,8-11,16,19H2,1H3,(H,29,30,31,32)/t21-/m1/s1. The molecule has 1 saturated heterocycles. The number of ether oxygens (including phenoxy) is 3. The molecule has 0 amide bonds. The van der Waals surface area contributed by atoms with Gasteiger partial charge in [0.2, 0.25) is 11.8 Å². The van der Waals surface area contributed by atoms with Crippen LogP contribution in [0.2, 0.25) is 0 Å². The van der Waals surface area contributed by atoms with Gasteiger partial charge in [-0.15, -0.1) is 0 Å². The molecule has 9 nitrogen and oxygen atoms in total. The highest BCUT2D eigenvalue weighted by Gasteiger charge is 2.24. The second-order valence-corrected chi connectivity index (χ2v) is 9.19. The Bertz CT molecular complexity index is 1120. The highest BCUT2D eigenvalue weighted by Crippen LogP contribution is 2.30. The first-order valence-corrected chi connectivity index (χ1v) is 13.0. The number of nitrogens with zero attached hydrogens (tertiary/aromatic N) is 5. The van der Waals surface area contributed by atoms with E-state index in [0.717, 1.165) is 56.1 Å². The Morgan fingerprint density at radius 1 is 0.917 bits per heavy atom. The van der Waals surface area contributed by atoms with Crippen molar-refractivity contribution in [1.82, 2.24) is 19.9 Å². The fraction of sp³-hybridized carbons (Fsp3) is 0.481. The minimum atomic E-state index is 0.0377. The first-order chi connectivity index (χ1) is 17.8. The Hall–Kier alpha value is -3.62. The van der Waals surface area contributed by atoms with Crippen LogP contribution in [-0.2, 0) is 0 Å². The number of para-hydroxylation sites is 2. The Morgan fingerprint density at radius 2 is 1.75 bits per heavy atom. The van der Waals surface area contributed by atoms with E-state index < -0.39 is 0 Å². The summed E-state index contributed by atoms with van der Waals surface area (Å²) in [7, 11) is 0. The van der Waals surface area contributed by atoms with Gasteiger partial charge in [0, 0.05) is 18.8 Å². The van der Waals surface area contributed by atoms with E-state index in [0.29, 0.717) is 24.3 Å². The fourth-order valence-corrected chi connectivity index (χ4v) is 4.75. The molecule has 2 aliphatic rings. The van der Waals surface area contributed by atoms with Gasteiger partial charge in [0.15, 0.2) is 17.3 Å². The molecule has 0 radical (unpaired) electrons. The van der Waals surface area contributed by atoms with Gasteiger partial charge in [-0.25, -0.2) is 9.97 Å². The van der Waals surface area contributed by atoms with E-state index in [1.54, 1.807) is 24.7 Å². The summed E-state index contributed by atoms with van der Waals surface area (Å²) in [6.07, 6.45) is 13.3. The second-order valence-electron chi connectivity index (χ2n) is 9.19. The predicted molar refractivity (Wildman–Crippen MR) is 138 cm³/mol. The lowest BCUT2D eigenvalue weighted by atomic mass is 9.98. The maximum Gasteiger partial charge on any atom is 0.231 e. The number of hydrogen-bond acceptors (Lipinski definition) is 9. The lowest BCUT2D eigenvalue weighted by Gasteiger charge is -2.33. The molecular formula is C27H34N6O3. The molecule has 2 aromatic heterocycles. The summed E-state index contributed by atoms with van der Waals surface area (Å²) in [5.41, 5.74) is 0. The van der Waals surface area contributed by atoms with E-state index in [1.807, 2.05) is 31.2 Å². The van der Waals surface area contributed by atoms with Gasteiger partial charge in [-0.1, -0.05) is 18.6 Å². The summed E-state index contributed by atoms with van der Waals surface area (Å²) in [6.45, 7) is 4.20. The number of benzene rings is 1. The number of piperidine rings is 1. The van der Waals surface area contributed by atoms with Gasteiger partial charge in [0.25, 0.3) is 0 Å². The van der Waals surface area contributed by atoms with Gasteiger partial charge in [0.1, 0.15) is 18.0 Å². The molecule has 3 aromatic rings. The molecule has 9 heteroatoms. The largest absolute Gasteiger partial charge is 0.490 e. The molecule has 1 aromatic carbocycles. The molecular weight excluding hydrogens is 456 g/mol. The van der Waals surface area contributed by atoms with Crippen LogP contribution < -0.4 is 24.4 Å². The molecule has 1 saturated carbocycles. The molecule has 0 unspecified atom stereocenters. The summed E-state index contributed by atoms with van der Waals surface area (Å²) in [4.78, 5) is 20.3. The summed E-state index contributed by atoms with van der Waals surface area (Å²) < 4.78 is 18.1. The summed E-state index contributed by atoms with van der Waals surface area (Å²) in [5, 5.41) is 3.18. The average Bonchev–Trinajstić information content (AvgIpc) is 2.91. The molecule has 1 atom stereocenters. The van der Waals surface area contributed by atoms with Crippen molar-refractivity contribution in [2.45, 2.75) is 64.1 Å². The van der Waals surface area contributed by atoms with Gasteiger partial charge < -0.3 is 24.4 Å². The number of aromatic nitrogens is 4. The molecule has 1 aliphatic carbocycles. The van der Waals surface area contributed by atoms with Crippen molar-refractivity contribution >= 4 is 17.6 Å². The molecule has 190 valence electrons. The molecule has 3 heterocycles. The SMILES string of the molecule is CCOc1ccccc1O[C@@H]1CCCN(c2cncc(Nc3nccc(OC4CCCCC4)n3)n2)C1. The lowest BCUT2D eigenvalue weighted by Crippen LogP contribution is -2.41. The second kappa shape index (κ2) is 11.9. The maximum atomic E-state index is 6.33. The van der Waals surface area contributed by atoms with Crippen LogP contribution >= 0.6 is 0 Å². The molecule has 5 rings (SSSR count). The normalized spacial score (nSPS) is 18.5. The van der Waals surface area contributed by atoms with Crippen LogP contribution in [0.15, 0.2) is 48.9 Å². The highest BCUT2D eigenvalue weighted by molar-refractivity contribution is 5.51. The van der Waals surface area contributed by atoms with E-state index >= 15 is 0 Å². The average molecular weight is 491 g/mol. The molecule has 2 fully saturated rings. The number of rotatable bonds is 9. The zero-order chi connectivity index (χ0) is 24.6. The molecule has 0 bridgehead atoms. The van der Waals surface area contributed by atoms with E-state index in [-0.39, 0.29) is 12.2 Å². The van der Waals surface area contributed by atoms with E-state index in [1.165, 1.54) is 19.3 Å². The van der Waals surface area contributed by atoms with Gasteiger partial charge in [-0.3, -0.25) is 4.98 Å². The Labute approximate surface area is 212 Å². The van der Waals surface area contributed by atoms with Crippen molar-refractivity contribution in [2.75, 3.05) is 29.9 Å².